The van der Waals surface area contributed by atoms with Crippen molar-refractivity contribution in [3.8, 4) is 26.8 Å². The van der Waals surface area contributed by atoms with Gasteiger partial charge in [0.15, 0.2) is 0 Å². The molecule has 5 aromatic rings. The van der Waals surface area contributed by atoms with Crippen molar-refractivity contribution < 1.29 is 0 Å². The number of hydrogen-bond donors (Lipinski definition) is 1. The monoisotopic (exact) mass is 398 g/mol. The topological polar surface area (TPSA) is 17.0 Å². The van der Waals surface area contributed by atoms with Crippen LogP contribution in [-0.4, -0.2) is 4.57 Å². The average Bonchev–Trinajstić information content (AvgIpc) is 3.49. The zero-order chi connectivity index (χ0) is 18.8. The van der Waals surface area contributed by atoms with Crippen LogP contribution in [0.4, 0.5) is 11.4 Å². The standard InChI is InChI=1S/C24H18N2S2/c1-2-6-18(7-3-1)25-19-10-12-20(13-11-19)26-21(23-8-4-16-27-23)14-15-22(26)24-9-5-17-28-24/h1-17,25H. The number of benzene rings is 2. The minimum Gasteiger partial charge on any atom is -0.356 e. The Labute approximate surface area is 172 Å². The van der Waals surface area contributed by atoms with E-state index in [-0.39, 0.29) is 0 Å². The fourth-order valence-corrected chi connectivity index (χ4v) is 4.81. The molecule has 0 radical (unpaired) electrons. The molecule has 0 bridgehead atoms. The third-order valence-electron chi connectivity index (χ3n) is 4.62. The molecule has 0 saturated heterocycles. The van der Waals surface area contributed by atoms with E-state index >= 15 is 0 Å². The lowest BCUT2D eigenvalue weighted by Crippen LogP contribution is -1.98. The lowest BCUT2D eigenvalue weighted by molar-refractivity contribution is 1.10. The summed E-state index contributed by atoms with van der Waals surface area (Å²) >= 11 is 3.54. The van der Waals surface area contributed by atoms with Crippen LogP contribution in [0.15, 0.2) is 102 Å². The molecule has 0 spiro atoms. The number of nitrogens with zero attached hydrogens (tertiary/aromatic N) is 1. The fraction of sp³-hybridized carbons (Fsp3) is 0. The second-order valence-corrected chi connectivity index (χ2v) is 8.33. The number of nitrogens with one attached hydrogen (secondary N) is 1. The van der Waals surface area contributed by atoms with Crippen LogP contribution in [-0.2, 0) is 0 Å². The van der Waals surface area contributed by atoms with E-state index in [1.54, 1.807) is 22.7 Å². The predicted octanol–water partition coefficient (Wildman–Crippen LogP) is 7.68. The largest absolute Gasteiger partial charge is 0.356 e. The highest BCUT2D eigenvalue weighted by Crippen LogP contribution is 2.36. The summed E-state index contributed by atoms with van der Waals surface area (Å²) in [6.45, 7) is 0. The highest BCUT2D eigenvalue weighted by molar-refractivity contribution is 7.14. The third-order valence-corrected chi connectivity index (χ3v) is 6.40. The van der Waals surface area contributed by atoms with Crippen molar-refractivity contribution in [3.63, 3.8) is 0 Å². The van der Waals surface area contributed by atoms with Crippen LogP contribution >= 0.6 is 22.7 Å². The first kappa shape index (κ1) is 17.0. The van der Waals surface area contributed by atoms with Crippen LogP contribution < -0.4 is 5.32 Å². The van der Waals surface area contributed by atoms with E-state index in [1.165, 1.54) is 21.1 Å². The van der Waals surface area contributed by atoms with E-state index in [4.69, 9.17) is 0 Å². The zero-order valence-electron chi connectivity index (χ0n) is 15.1. The summed E-state index contributed by atoms with van der Waals surface area (Å²) in [5.41, 5.74) is 5.78. The summed E-state index contributed by atoms with van der Waals surface area (Å²) < 4.78 is 2.35. The molecule has 0 atom stereocenters. The smallest absolute Gasteiger partial charge is 0.0635 e. The van der Waals surface area contributed by atoms with Gasteiger partial charge >= 0.3 is 0 Å². The molecule has 2 nitrogen and oxygen atoms in total. The minimum atomic E-state index is 1.08. The molecule has 3 aromatic heterocycles. The lowest BCUT2D eigenvalue weighted by Gasteiger charge is -2.14. The number of anilines is 2. The van der Waals surface area contributed by atoms with Crippen molar-refractivity contribution in [1.29, 1.82) is 0 Å². The zero-order valence-corrected chi connectivity index (χ0v) is 16.7. The summed E-state index contributed by atoms with van der Waals surface area (Å²) in [6, 6.07) is 31.9. The van der Waals surface area contributed by atoms with Crippen LogP contribution in [0.3, 0.4) is 0 Å². The Hall–Kier alpha value is -3.08. The van der Waals surface area contributed by atoms with Gasteiger partial charge in [0.2, 0.25) is 0 Å². The van der Waals surface area contributed by atoms with Gasteiger partial charge in [-0.1, -0.05) is 30.3 Å². The maximum Gasteiger partial charge on any atom is 0.0635 e. The van der Waals surface area contributed by atoms with Gasteiger partial charge in [-0.2, -0.15) is 0 Å². The molecule has 5 rings (SSSR count). The van der Waals surface area contributed by atoms with Crippen molar-refractivity contribution in [2.24, 2.45) is 0 Å². The number of para-hydroxylation sites is 1. The van der Waals surface area contributed by atoms with Gasteiger partial charge < -0.3 is 9.88 Å². The third kappa shape index (κ3) is 3.28. The first-order valence-corrected chi connectivity index (χ1v) is 10.9. The van der Waals surface area contributed by atoms with Crippen LogP contribution in [0, 0.1) is 0 Å². The van der Waals surface area contributed by atoms with Crippen molar-refractivity contribution >= 4 is 34.0 Å². The summed E-state index contributed by atoms with van der Waals surface area (Å²) in [6.07, 6.45) is 0. The summed E-state index contributed by atoms with van der Waals surface area (Å²) in [7, 11) is 0. The highest BCUT2D eigenvalue weighted by atomic mass is 32.1. The van der Waals surface area contributed by atoms with Gasteiger partial charge in [-0.3, -0.25) is 0 Å². The molecule has 4 heteroatoms. The number of rotatable bonds is 5. The fourth-order valence-electron chi connectivity index (χ4n) is 3.33. The summed E-state index contributed by atoms with van der Waals surface area (Å²) in [5, 5.41) is 7.71. The van der Waals surface area contributed by atoms with Crippen molar-refractivity contribution in [2.75, 3.05) is 5.32 Å². The molecular weight excluding hydrogens is 380 g/mol. The van der Waals surface area contributed by atoms with Gasteiger partial charge in [0, 0.05) is 17.1 Å². The average molecular weight is 399 g/mol. The molecular formula is C24H18N2S2. The SMILES string of the molecule is c1ccc(Nc2ccc(-n3c(-c4cccs4)ccc3-c3cccs3)cc2)cc1. The number of aromatic nitrogens is 1. The van der Waals surface area contributed by atoms with Crippen molar-refractivity contribution in [3.05, 3.63) is 102 Å². The molecule has 136 valence electrons. The van der Waals surface area contributed by atoms with Crippen LogP contribution in [0.5, 0.6) is 0 Å². The lowest BCUT2D eigenvalue weighted by atomic mass is 10.2. The van der Waals surface area contributed by atoms with E-state index in [2.05, 4.69) is 93.4 Å². The molecule has 0 unspecified atom stereocenters. The van der Waals surface area contributed by atoms with Crippen molar-refractivity contribution in [2.45, 2.75) is 0 Å². The quantitative estimate of drug-likeness (QED) is 0.321. The highest BCUT2D eigenvalue weighted by Gasteiger charge is 2.14. The van der Waals surface area contributed by atoms with E-state index in [0.717, 1.165) is 17.1 Å². The van der Waals surface area contributed by atoms with Gasteiger partial charge in [0.05, 0.1) is 21.1 Å². The molecule has 2 aromatic carbocycles. The predicted molar refractivity (Wildman–Crippen MR) is 122 cm³/mol. The van der Waals surface area contributed by atoms with Gasteiger partial charge in [-0.15, -0.1) is 22.7 Å². The van der Waals surface area contributed by atoms with Gasteiger partial charge in [0.25, 0.3) is 0 Å². The Morgan fingerprint density at radius 1 is 0.536 bits per heavy atom. The van der Waals surface area contributed by atoms with Crippen LogP contribution in [0.1, 0.15) is 0 Å². The first-order valence-electron chi connectivity index (χ1n) is 9.10. The molecule has 0 aliphatic rings. The van der Waals surface area contributed by atoms with E-state index in [9.17, 15) is 0 Å². The Bertz CT molecular complexity index is 1100. The summed E-state index contributed by atoms with van der Waals surface area (Å²) in [5.74, 6) is 0. The molecule has 3 heterocycles. The molecule has 1 N–H and O–H groups in total. The van der Waals surface area contributed by atoms with Gasteiger partial charge in [-0.05, 0) is 71.4 Å². The van der Waals surface area contributed by atoms with E-state index in [0.29, 0.717) is 0 Å². The Morgan fingerprint density at radius 3 is 1.64 bits per heavy atom. The second kappa shape index (κ2) is 7.50. The maximum atomic E-state index is 3.46. The molecule has 0 fully saturated rings. The van der Waals surface area contributed by atoms with Gasteiger partial charge in [-0.25, -0.2) is 0 Å². The first-order chi connectivity index (χ1) is 13.9. The van der Waals surface area contributed by atoms with E-state index < -0.39 is 0 Å². The number of hydrogen-bond acceptors (Lipinski definition) is 3. The second-order valence-electron chi connectivity index (χ2n) is 6.43. The normalized spacial score (nSPS) is 10.9. The van der Waals surface area contributed by atoms with Crippen molar-refractivity contribution in [1.82, 2.24) is 4.57 Å². The van der Waals surface area contributed by atoms with Crippen LogP contribution in [0.25, 0.3) is 26.8 Å². The summed E-state index contributed by atoms with van der Waals surface area (Å²) in [4.78, 5) is 2.54. The molecule has 0 aliphatic carbocycles. The van der Waals surface area contributed by atoms with Gasteiger partial charge in [0.1, 0.15) is 0 Å². The van der Waals surface area contributed by atoms with E-state index in [1.807, 2.05) is 18.2 Å². The van der Waals surface area contributed by atoms with Crippen LogP contribution in [0.2, 0.25) is 0 Å². The Balaban J connectivity index is 1.55. The Kier molecular flexibility index (Phi) is 4.57. The Morgan fingerprint density at radius 2 is 1.11 bits per heavy atom. The number of thiophene rings is 2. The molecule has 0 saturated carbocycles. The molecule has 0 aliphatic heterocycles. The minimum absolute atomic E-state index is 1.08. The molecule has 28 heavy (non-hydrogen) atoms. The maximum absolute atomic E-state index is 3.46. The molecule has 0 amide bonds.